The van der Waals surface area contributed by atoms with E-state index in [-0.39, 0.29) is 11.6 Å². The van der Waals surface area contributed by atoms with E-state index in [1.165, 1.54) is 0 Å². The minimum absolute atomic E-state index is 0.0510. The normalized spacial score (nSPS) is 16.8. The first-order valence-corrected chi connectivity index (χ1v) is 8.18. The van der Waals surface area contributed by atoms with Crippen LogP contribution in [0.3, 0.4) is 0 Å². The summed E-state index contributed by atoms with van der Waals surface area (Å²) in [6, 6.07) is 0.0510. The van der Waals surface area contributed by atoms with Crippen LogP contribution in [0.4, 0.5) is 4.79 Å². The SMILES string of the molecule is CCc1nccn1CCN1CCN(C(=O)NC(C)(C)C)CC1. The number of hydrogen-bond acceptors (Lipinski definition) is 3. The average Bonchev–Trinajstić information content (AvgIpc) is 2.91. The van der Waals surface area contributed by atoms with Gasteiger partial charge in [0.15, 0.2) is 0 Å². The van der Waals surface area contributed by atoms with Crippen LogP contribution in [0, 0.1) is 0 Å². The van der Waals surface area contributed by atoms with Gasteiger partial charge < -0.3 is 14.8 Å². The fourth-order valence-electron chi connectivity index (χ4n) is 2.68. The maximum atomic E-state index is 12.1. The highest BCUT2D eigenvalue weighted by Crippen LogP contribution is 2.06. The number of aryl methyl sites for hydroxylation is 1. The molecule has 1 fully saturated rings. The van der Waals surface area contributed by atoms with Crippen LogP contribution in [0.2, 0.25) is 0 Å². The third kappa shape index (κ3) is 4.73. The van der Waals surface area contributed by atoms with Crippen molar-refractivity contribution in [1.82, 2.24) is 24.7 Å². The van der Waals surface area contributed by atoms with Crippen LogP contribution in [0.1, 0.15) is 33.5 Å². The van der Waals surface area contributed by atoms with Gasteiger partial charge in [-0.2, -0.15) is 0 Å². The van der Waals surface area contributed by atoms with E-state index < -0.39 is 0 Å². The Balaban J connectivity index is 1.74. The molecule has 0 aliphatic carbocycles. The molecule has 0 unspecified atom stereocenters. The second-order valence-electron chi connectivity index (χ2n) is 6.90. The van der Waals surface area contributed by atoms with Gasteiger partial charge in [0, 0.05) is 63.6 Å². The first-order valence-electron chi connectivity index (χ1n) is 8.18. The van der Waals surface area contributed by atoms with Crippen molar-refractivity contribution in [2.75, 3.05) is 32.7 Å². The van der Waals surface area contributed by atoms with Crippen LogP contribution >= 0.6 is 0 Å². The van der Waals surface area contributed by atoms with Crippen molar-refractivity contribution in [1.29, 1.82) is 0 Å². The molecule has 2 heterocycles. The minimum atomic E-state index is -0.174. The molecule has 1 aliphatic heterocycles. The van der Waals surface area contributed by atoms with Crippen molar-refractivity contribution < 1.29 is 4.79 Å². The molecule has 0 bridgehead atoms. The van der Waals surface area contributed by atoms with Crippen molar-refractivity contribution in [2.24, 2.45) is 0 Å². The molecule has 0 saturated carbocycles. The molecule has 1 saturated heterocycles. The highest BCUT2D eigenvalue weighted by molar-refractivity contribution is 5.75. The lowest BCUT2D eigenvalue weighted by molar-refractivity contribution is 0.132. The third-order valence-electron chi connectivity index (χ3n) is 3.92. The molecule has 6 nitrogen and oxygen atoms in total. The number of urea groups is 1. The third-order valence-corrected chi connectivity index (χ3v) is 3.92. The molecule has 2 amide bonds. The lowest BCUT2D eigenvalue weighted by Gasteiger charge is -2.36. The zero-order chi connectivity index (χ0) is 16.2. The molecular weight excluding hydrogens is 278 g/mol. The van der Waals surface area contributed by atoms with Crippen LogP contribution in [0.15, 0.2) is 12.4 Å². The van der Waals surface area contributed by atoms with Gasteiger partial charge in [-0.1, -0.05) is 6.92 Å². The lowest BCUT2D eigenvalue weighted by Crippen LogP contribution is -2.55. The quantitative estimate of drug-likeness (QED) is 0.919. The van der Waals surface area contributed by atoms with Gasteiger partial charge in [0.25, 0.3) is 0 Å². The molecule has 0 aromatic carbocycles. The van der Waals surface area contributed by atoms with E-state index in [1.807, 2.05) is 38.1 Å². The van der Waals surface area contributed by atoms with Gasteiger partial charge in [0.1, 0.15) is 5.82 Å². The van der Waals surface area contributed by atoms with Crippen molar-refractivity contribution in [3.8, 4) is 0 Å². The Hall–Kier alpha value is -1.56. The van der Waals surface area contributed by atoms with Gasteiger partial charge in [-0.15, -0.1) is 0 Å². The predicted molar refractivity (Wildman–Crippen MR) is 87.9 cm³/mol. The maximum Gasteiger partial charge on any atom is 0.317 e. The zero-order valence-electron chi connectivity index (χ0n) is 14.3. The van der Waals surface area contributed by atoms with Crippen molar-refractivity contribution >= 4 is 6.03 Å². The van der Waals surface area contributed by atoms with Gasteiger partial charge in [-0.25, -0.2) is 9.78 Å². The van der Waals surface area contributed by atoms with E-state index in [2.05, 4.69) is 26.7 Å². The standard InChI is InChI=1S/C16H29N5O/c1-5-14-17-6-7-20(14)11-8-19-9-12-21(13-10-19)15(22)18-16(2,3)4/h6-7H,5,8-13H2,1-4H3,(H,18,22). The highest BCUT2D eigenvalue weighted by atomic mass is 16.2. The van der Waals surface area contributed by atoms with Crippen LogP contribution in [-0.2, 0) is 13.0 Å². The summed E-state index contributed by atoms with van der Waals surface area (Å²) < 4.78 is 2.22. The summed E-state index contributed by atoms with van der Waals surface area (Å²) >= 11 is 0. The summed E-state index contributed by atoms with van der Waals surface area (Å²) in [6.07, 6.45) is 4.88. The van der Waals surface area contributed by atoms with E-state index in [0.717, 1.165) is 51.5 Å². The lowest BCUT2D eigenvalue weighted by atomic mass is 10.1. The summed E-state index contributed by atoms with van der Waals surface area (Å²) in [4.78, 5) is 20.8. The van der Waals surface area contributed by atoms with Crippen LogP contribution in [0.5, 0.6) is 0 Å². The van der Waals surface area contributed by atoms with E-state index in [0.29, 0.717) is 0 Å². The van der Waals surface area contributed by atoms with Crippen LogP contribution < -0.4 is 5.32 Å². The molecule has 22 heavy (non-hydrogen) atoms. The summed E-state index contributed by atoms with van der Waals surface area (Å²) in [5.41, 5.74) is -0.174. The molecule has 0 radical (unpaired) electrons. The van der Waals surface area contributed by atoms with Gasteiger partial charge in [-0.3, -0.25) is 4.90 Å². The summed E-state index contributed by atoms with van der Waals surface area (Å²) in [5, 5.41) is 3.03. The zero-order valence-corrected chi connectivity index (χ0v) is 14.3. The second kappa shape index (κ2) is 7.13. The van der Waals surface area contributed by atoms with E-state index in [1.54, 1.807) is 0 Å². The summed E-state index contributed by atoms with van der Waals surface area (Å²) in [7, 11) is 0. The Morgan fingerprint density at radius 3 is 2.50 bits per heavy atom. The van der Waals surface area contributed by atoms with Gasteiger partial charge in [0.2, 0.25) is 0 Å². The Labute approximate surface area is 133 Å². The Kier molecular flexibility index (Phi) is 5.45. The number of amides is 2. The smallest absolute Gasteiger partial charge is 0.317 e. The number of nitrogens with zero attached hydrogens (tertiary/aromatic N) is 4. The van der Waals surface area contributed by atoms with E-state index in [4.69, 9.17) is 0 Å². The number of nitrogens with one attached hydrogen (secondary N) is 1. The molecule has 1 aromatic heterocycles. The second-order valence-corrected chi connectivity index (χ2v) is 6.90. The van der Waals surface area contributed by atoms with Crippen LogP contribution in [0.25, 0.3) is 0 Å². The molecule has 0 atom stereocenters. The molecule has 1 aliphatic rings. The molecule has 124 valence electrons. The summed E-state index contributed by atoms with van der Waals surface area (Å²) in [5.74, 6) is 1.14. The van der Waals surface area contributed by atoms with E-state index >= 15 is 0 Å². The topological polar surface area (TPSA) is 53.4 Å². The first kappa shape index (κ1) is 16.8. The Morgan fingerprint density at radius 2 is 1.91 bits per heavy atom. The number of hydrogen-bond donors (Lipinski definition) is 1. The molecule has 1 aromatic rings. The molecule has 6 heteroatoms. The Morgan fingerprint density at radius 1 is 1.23 bits per heavy atom. The number of carbonyl (C=O) groups is 1. The first-order chi connectivity index (χ1) is 10.4. The summed E-state index contributed by atoms with van der Waals surface area (Å²) in [6.45, 7) is 13.6. The van der Waals surface area contributed by atoms with Gasteiger partial charge in [0.05, 0.1) is 0 Å². The number of aromatic nitrogens is 2. The minimum Gasteiger partial charge on any atom is -0.334 e. The fraction of sp³-hybridized carbons (Fsp3) is 0.750. The molecular formula is C16H29N5O. The number of carbonyl (C=O) groups excluding carboxylic acids is 1. The van der Waals surface area contributed by atoms with Gasteiger partial charge in [-0.05, 0) is 20.8 Å². The van der Waals surface area contributed by atoms with E-state index in [9.17, 15) is 4.79 Å². The van der Waals surface area contributed by atoms with Crippen molar-refractivity contribution in [3.05, 3.63) is 18.2 Å². The fourth-order valence-corrected chi connectivity index (χ4v) is 2.68. The number of imidazole rings is 1. The maximum absolute atomic E-state index is 12.1. The molecule has 0 spiro atoms. The van der Waals surface area contributed by atoms with Gasteiger partial charge >= 0.3 is 6.03 Å². The highest BCUT2D eigenvalue weighted by Gasteiger charge is 2.23. The number of piperazine rings is 1. The largest absolute Gasteiger partial charge is 0.334 e. The van der Waals surface area contributed by atoms with Crippen molar-refractivity contribution in [3.63, 3.8) is 0 Å². The van der Waals surface area contributed by atoms with Crippen molar-refractivity contribution in [2.45, 2.75) is 46.2 Å². The Bertz CT molecular complexity index is 483. The molecule has 2 rings (SSSR count). The molecule has 1 N–H and O–H groups in total. The van der Waals surface area contributed by atoms with Crippen LogP contribution in [-0.4, -0.2) is 63.6 Å². The monoisotopic (exact) mass is 307 g/mol. The number of rotatable bonds is 4. The average molecular weight is 307 g/mol. The predicted octanol–water partition coefficient (Wildman–Crippen LogP) is 1.57.